The maximum Gasteiger partial charge on any atom is 0.271 e. The molecule has 0 saturated carbocycles. The monoisotopic (exact) mass is 395 g/mol. The van der Waals surface area contributed by atoms with E-state index in [-0.39, 0.29) is 5.56 Å². The highest BCUT2D eigenvalue weighted by molar-refractivity contribution is 8.08. The summed E-state index contributed by atoms with van der Waals surface area (Å²) in [5.74, 6) is 0. The van der Waals surface area contributed by atoms with E-state index in [0.29, 0.717) is 6.54 Å². The largest absolute Gasteiger partial charge is 0.337 e. The normalized spacial score (nSPS) is 16.1. The molecule has 3 heterocycles. The summed E-state index contributed by atoms with van der Waals surface area (Å²) in [6.07, 6.45) is 4.77. The van der Waals surface area contributed by atoms with Crippen LogP contribution in [0.3, 0.4) is 0 Å². The zero-order valence-electron chi connectivity index (χ0n) is 15.6. The molecule has 0 saturated heterocycles. The highest BCUT2D eigenvalue weighted by atomic mass is 32.2. The molecule has 0 atom stereocenters. The topological polar surface area (TPSA) is 38.1 Å². The Morgan fingerprint density at radius 1 is 1.19 bits per heavy atom. The standard InChI is InChI=1S/C21H21N3OS2/c1-4-14-9-10-16-17(12-14)26-21(23(16)3)19-20(25)24(5-2)18(27-19)13-15-8-6-7-11-22-15/h6-13H,4-5H2,1-3H3. The van der Waals surface area contributed by atoms with Gasteiger partial charge in [-0.1, -0.05) is 30.8 Å². The Balaban J connectivity index is 1.90. The van der Waals surface area contributed by atoms with Crippen LogP contribution in [0.15, 0.2) is 52.3 Å². The number of thioether (sulfide) groups is 1. The SMILES string of the molecule is CCc1ccc2c(c1)SC(=c1sc(=Cc3ccccn3)n(CC)c1=O)N2C. The number of anilines is 1. The summed E-state index contributed by atoms with van der Waals surface area (Å²) in [5.41, 5.74) is 3.42. The first kappa shape index (κ1) is 18.1. The molecule has 0 aliphatic carbocycles. The summed E-state index contributed by atoms with van der Waals surface area (Å²) in [7, 11) is 2.04. The van der Waals surface area contributed by atoms with Gasteiger partial charge in [0, 0.05) is 24.7 Å². The summed E-state index contributed by atoms with van der Waals surface area (Å²) in [6, 6.07) is 12.4. The summed E-state index contributed by atoms with van der Waals surface area (Å²) in [6.45, 7) is 4.81. The molecule has 2 aromatic heterocycles. The molecule has 27 heavy (non-hydrogen) atoms. The summed E-state index contributed by atoms with van der Waals surface area (Å²) < 4.78 is 3.56. The van der Waals surface area contributed by atoms with Crippen molar-refractivity contribution in [1.82, 2.24) is 9.55 Å². The highest BCUT2D eigenvalue weighted by Gasteiger charge is 2.24. The maximum atomic E-state index is 13.1. The van der Waals surface area contributed by atoms with Crippen molar-refractivity contribution in [2.24, 2.45) is 0 Å². The van der Waals surface area contributed by atoms with Crippen molar-refractivity contribution in [3.05, 3.63) is 73.4 Å². The summed E-state index contributed by atoms with van der Waals surface area (Å²) >= 11 is 3.23. The van der Waals surface area contributed by atoms with Gasteiger partial charge in [-0.05, 0) is 49.2 Å². The molecule has 0 N–H and O–H groups in total. The van der Waals surface area contributed by atoms with Crippen LogP contribution >= 0.6 is 23.1 Å². The third-order valence-electron chi connectivity index (χ3n) is 4.69. The van der Waals surface area contributed by atoms with E-state index < -0.39 is 0 Å². The number of nitrogens with zero attached hydrogens (tertiary/aromatic N) is 3. The number of benzene rings is 1. The van der Waals surface area contributed by atoms with E-state index in [1.165, 1.54) is 16.1 Å². The highest BCUT2D eigenvalue weighted by Crippen LogP contribution is 2.45. The predicted molar refractivity (Wildman–Crippen MR) is 115 cm³/mol. The van der Waals surface area contributed by atoms with Crippen LogP contribution in [-0.4, -0.2) is 16.6 Å². The first-order valence-corrected chi connectivity index (χ1v) is 10.7. The Labute approximate surface area is 166 Å². The van der Waals surface area contributed by atoms with Crippen molar-refractivity contribution in [2.75, 3.05) is 11.9 Å². The Morgan fingerprint density at radius 2 is 2.04 bits per heavy atom. The van der Waals surface area contributed by atoms with Crippen LogP contribution < -0.4 is 19.7 Å². The smallest absolute Gasteiger partial charge is 0.271 e. The number of aromatic nitrogens is 2. The van der Waals surface area contributed by atoms with Crippen LogP contribution in [-0.2, 0) is 13.0 Å². The molecule has 0 amide bonds. The van der Waals surface area contributed by atoms with Gasteiger partial charge in [-0.2, -0.15) is 0 Å². The summed E-state index contributed by atoms with van der Waals surface area (Å²) in [4.78, 5) is 20.8. The second-order valence-electron chi connectivity index (χ2n) is 6.34. The predicted octanol–water partition coefficient (Wildman–Crippen LogP) is 3.02. The quantitative estimate of drug-likeness (QED) is 0.683. The Kier molecular flexibility index (Phi) is 4.93. The molecule has 4 rings (SSSR count). The molecule has 3 aromatic rings. The van der Waals surface area contributed by atoms with Gasteiger partial charge in [0.2, 0.25) is 0 Å². The van der Waals surface area contributed by atoms with Crippen LogP contribution in [0.25, 0.3) is 11.1 Å². The lowest BCUT2D eigenvalue weighted by molar-refractivity contribution is 0.722. The Hall–Kier alpha value is -2.31. The van der Waals surface area contributed by atoms with Crippen molar-refractivity contribution >= 4 is 39.9 Å². The number of pyridine rings is 1. The van der Waals surface area contributed by atoms with E-state index in [4.69, 9.17) is 0 Å². The van der Waals surface area contributed by atoms with Crippen LogP contribution in [0.2, 0.25) is 0 Å². The Morgan fingerprint density at radius 3 is 2.74 bits per heavy atom. The van der Waals surface area contributed by atoms with Crippen LogP contribution in [0.5, 0.6) is 0 Å². The third kappa shape index (κ3) is 3.24. The summed E-state index contributed by atoms with van der Waals surface area (Å²) in [5, 5.41) is 1.01. The van der Waals surface area contributed by atoms with Gasteiger partial charge in [-0.15, -0.1) is 11.3 Å². The van der Waals surface area contributed by atoms with E-state index in [0.717, 1.165) is 26.3 Å². The van der Waals surface area contributed by atoms with E-state index in [1.54, 1.807) is 29.3 Å². The van der Waals surface area contributed by atoms with Gasteiger partial charge >= 0.3 is 0 Å². The van der Waals surface area contributed by atoms with E-state index in [9.17, 15) is 4.79 Å². The van der Waals surface area contributed by atoms with Crippen molar-refractivity contribution in [3.8, 4) is 0 Å². The molecular weight excluding hydrogens is 374 g/mol. The second kappa shape index (κ2) is 7.37. The fraction of sp³-hybridized carbons (Fsp3) is 0.238. The van der Waals surface area contributed by atoms with Crippen LogP contribution in [0, 0.1) is 0 Å². The zero-order chi connectivity index (χ0) is 19.0. The fourth-order valence-electron chi connectivity index (χ4n) is 3.17. The van der Waals surface area contributed by atoms with Crippen molar-refractivity contribution in [2.45, 2.75) is 31.7 Å². The van der Waals surface area contributed by atoms with Gasteiger partial charge in [-0.3, -0.25) is 14.3 Å². The number of thiazole rings is 1. The lowest BCUT2D eigenvalue weighted by Crippen LogP contribution is -2.33. The minimum atomic E-state index is 0.0718. The number of fused-ring (bicyclic) bond motifs is 1. The lowest BCUT2D eigenvalue weighted by Gasteiger charge is -2.12. The van der Waals surface area contributed by atoms with Crippen molar-refractivity contribution in [1.29, 1.82) is 0 Å². The molecule has 0 bridgehead atoms. The zero-order valence-corrected chi connectivity index (χ0v) is 17.2. The third-order valence-corrected chi connectivity index (χ3v) is 7.15. The van der Waals surface area contributed by atoms with Gasteiger partial charge in [0.05, 0.1) is 11.4 Å². The molecule has 1 aliphatic heterocycles. The van der Waals surface area contributed by atoms with Gasteiger partial charge in [0.1, 0.15) is 14.2 Å². The van der Waals surface area contributed by atoms with Gasteiger partial charge in [-0.25, -0.2) is 0 Å². The van der Waals surface area contributed by atoms with E-state index in [2.05, 4.69) is 35.0 Å². The van der Waals surface area contributed by atoms with Crippen LogP contribution in [0.4, 0.5) is 5.69 Å². The average Bonchev–Trinajstić information content (AvgIpc) is 3.18. The minimum absolute atomic E-state index is 0.0718. The maximum absolute atomic E-state index is 13.1. The molecule has 4 nitrogen and oxygen atoms in total. The first-order valence-electron chi connectivity index (χ1n) is 9.03. The number of rotatable bonds is 3. The van der Waals surface area contributed by atoms with Crippen molar-refractivity contribution < 1.29 is 0 Å². The molecule has 1 aliphatic rings. The number of aryl methyl sites for hydroxylation is 1. The molecule has 0 spiro atoms. The van der Waals surface area contributed by atoms with Gasteiger partial charge in [0.15, 0.2) is 0 Å². The van der Waals surface area contributed by atoms with Gasteiger partial charge < -0.3 is 4.90 Å². The van der Waals surface area contributed by atoms with Crippen molar-refractivity contribution in [3.63, 3.8) is 0 Å². The molecule has 138 valence electrons. The van der Waals surface area contributed by atoms with E-state index in [1.807, 2.05) is 42.8 Å². The molecule has 0 radical (unpaired) electrons. The number of hydrogen-bond donors (Lipinski definition) is 0. The number of hydrogen-bond acceptors (Lipinski definition) is 5. The molecule has 1 aromatic carbocycles. The molecule has 0 fully saturated rings. The fourth-order valence-corrected chi connectivity index (χ4v) is 5.70. The minimum Gasteiger partial charge on any atom is -0.337 e. The Bertz CT molecular complexity index is 1160. The molecule has 6 heteroatoms. The average molecular weight is 396 g/mol. The second-order valence-corrected chi connectivity index (χ2v) is 8.40. The van der Waals surface area contributed by atoms with Gasteiger partial charge in [0.25, 0.3) is 5.56 Å². The molecule has 0 unspecified atom stereocenters. The van der Waals surface area contributed by atoms with Crippen LogP contribution in [0.1, 0.15) is 25.1 Å². The lowest BCUT2D eigenvalue weighted by atomic mass is 10.1. The van der Waals surface area contributed by atoms with E-state index >= 15 is 0 Å². The molecular formula is C21H21N3OS2. The first-order chi connectivity index (χ1) is 13.1.